The van der Waals surface area contributed by atoms with Gasteiger partial charge in [-0.15, -0.1) is 0 Å². The topological polar surface area (TPSA) is 85.1 Å². The molecule has 0 unspecified atom stereocenters. The van der Waals surface area contributed by atoms with E-state index >= 15 is 0 Å². The molecule has 7 heteroatoms. The Morgan fingerprint density at radius 2 is 2.12 bits per heavy atom. The molecule has 1 N–H and O–H groups in total. The predicted octanol–water partition coefficient (Wildman–Crippen LogP) is 3.52. The smallest absolute Gasteiger partial charge is 0.290 e. The van der Waals surface area contributed by atoms with Crippen LogP contribution < -0.4 is 5.32 Å². The molecule has 1 aliphatic heterocycles. The van der Waals surface area contributed by atoms with Gasteiger partial charge in [0.25, 0.3) is 11.1 Å². The number of furan rings is 1. The number of pyridine rings is 2. The molecule has 0 atom stereocenters. The number of nitrogens with one attached hydrogen (secondary N) is 1. The van der Waals surface area contributed by atoms with Crippen molar-refractivity contribution in [3.05, 3.63) is 53.1 Å². The zero-order chi connectivity index (χ0) is 16.7. The van der Waals surface area contributed by atoms with Crippen LogP contribution in [0.3, 0.4) is 0 Å². The summed E-state index contributed by atoms with van der Waals surface area (Å²) in [7, 11) is 0. The van der Waals surface area contributed by atoms with E-state index in [2.05, 4.69) is 15.3 Å². The van der Waals surface area contributed by atoms with E-state index in [4.69, 9.17) is 4.42 Å². The molecule has 4 rings (SSSR count). The second kappa shape index (κ2) is 5.61. The van der Waals surface area contributed by atoms with Gasteiger partial charge >= 0.3 is 0 Å². The Morgan fingerprint density at radius 1 is 1.25 bits per heavy atom. The highest BCUT2D eigenvalue weighted by molar-refractivity contribution is 8.18. The van der Waals surface area contributed by atoms with Crippen LogP contribution in [0.2, 0.25) is 0 Å². The first-order chi connectivity index (χ1) is 11.6. The van der Waals surface area contributed by atoms with E-state index in [1.54, 1.807) is 30.7 Å². The molecule has 0 aliphatic carbocycles. The van der Waals surface area contributed by atoms with Gasteiger partial charge in [0, 0.05) is 41.3 Å². The maximum absolute atomic E-state index is 11.6. The highest BCUT2D eigenvalue weighted by atomic mass is 32.2. The largest absolute Gasteiger partial charge is 0.456 e. The van der Waals surface area contributed by atoms with Crippen LogP contribution in [0.5, 0.6) is 0 Å². The number of fused-ring (bicyclic) bond motifs is 1. The molecule has 0 radical (unpaired) electrons. The Balaban J connectivity index is 1.82. The molecule has 24 heavy (non-hydrogen) atoms. The molecule has 4 heterocycles. The number of hydrogen-bond donors (Lipinski definition) is 1. The fraction of sp³-hybridized carbons (Fsp3) is 0.0588. The number of carbonyl (C=O) groups is 2. The van der Waals surface area contributed by atoms with Crippen molar-refractivity contribution in [3.63, 3.8) is 0 Å². The summed E-state index contributed by atoms with van der Waals surface area (Å²) in [4.78, 5) is 31.6. The lowest BCUT2D eigenvalue weighted by Crippen LogP contribution is -2.17. The van der Waals surface area contributed by atoms with Gasteiger partial charge in [-0.2, -0.15) is 0 Å². The van der Waals surface area contributed by atoms with Crippen molar-refractivity contribution < 1.29 is 14.0 Å². The fourth-order valence-electron chi connectivity index (χ4n) is 2.52. The molecule has 0 bridgehead atoms. The molecule has 6 nitrogen and oxygen atoms in total. The number of amides is 2. The third-order valence-electron chi connectivity index (χ3n) is 3.56. The van der Waals surface area contributed by atoms with Crippen LogP contribution in [0.25, 0.3) is 28.2 Å². The van der Waals surface area contributed by atoms with E-state index < -0.39 is 5.91 Å². The summed E-state index contributed by atoms with van der Waals surface area (Å²) in [6.07, 6.45) is 6.73. The maximum atomic E-state index is 11.6. The van der Waals surface area contributed by atoms with Crippen LogP contribution in [0.4, 0.5) is 4.79 Å². The minimum Gasteiger partial charge on any atom is -0.456 e. The molecule has 1 fully saturated rings. The van der Waals surface area contributed by atoms with E-state index in [0.29, 0.717) is 16.2 Å². The number of imide groups is 1. The minimum atomic E-state index is -0.409. The first-order valence-electron chi connectivity index (χ1n) is 7.15. The van der Waals surface area contributed by atoms with Crippen LogP contribution in [-0.4, -0.2) is 21.1 Å². The molecule has 0 saturated carbocycles. The first-order valence-corrected chi connectivity index (χ1v) is 7.97. The zero-order valence-electron chi connectivity index (χ0n) is 12.6. The molecule has 0 aromatic carbocycles. The summed E-state index contributed by atoms with van der Waals surface area (Å²) in [5.41, 5.74) is 3.38. The third kappa shape index (κ3) is 2.59. The van der Waals surface area contributed by atoms with Gasteiger partial charge in [-0.3, -0.25) is 24.9 Å². The molecule has 1 saturated heterocycles. The lowest BCUT2D eigenvalue weighted by molar-refractivity contribution is -0.115. The Labute approximate surface area is 141 Å². The van der Waals surface area contributed by atoms with E-state index in [0.717, 1.165) is 34.0 Å². The van der Waals surface area contributed by atoms with Crippen molar-refractivity contribution >= 4 is 40.0 Å². The van der Waals surface area contributed by atoms with Gasteiger partial charge in [0.05, 0.1) is 4.91 Å². The maximum Gasteiger partial charge on any atom is 0.290 e. The summed E-state index contributed by atoms with van der Waals surface area (Å²) in [6, 6.07) is 5.64. The lowest BCUT2D eigenvalue weighted by atomic mass is 10.1. The first kappa shape index (κ1) is 14.6. The van der Waals surface area contributed by atoms with Gasteiger partial charge in [0.15, 0.2) is 0 Å². The van der Waals surface area contributed by atoms with Gasteiger partial charge in [0.1, 0.15) is 11.3 Å². The van der Waals surface area contributed by atoms with Gasteiger partial charge in [-0.25, -0.2) is 0 Å². The highest BCUT2D eigenvalue weighted by Gasteiger charge is 2.25. The van der Waals surface area contributed by atoms with E-state index in [1.807, 2.05) is 19.1 Å². The number of rotatable bonds is 2. The zero-order valence-corrected chi connectivity index (χ0v) is 13.4. The SMILES string of the molecule is Cc1cc(-c2cncc3cc(C=C4SC(=O)NC4=O)oc23)ccn1. The van der Waals surface area contributed by atoms with Crippen molar-refractivity contribution in [2.24, 2.45) is 0 Å². The Morgan fingerprint density at radius 3 is 2.88 bits per heavy atom. The molecule has 0 spiro atoms. The standard InChI is InChI=1S/C17H11N3O3S/c1-9-4-10(2-3-19-9)13-8-18-7-11-5-12(23-15(11)13)6-14-16(21)20-17(22)24-14/h2-8H,1H3,(H,20,21,22). The summed E-state index contributed by atoms with van der Waals surface area (Å²) in [5.74, 6) is 0.0888. The van der Waals surface area contributed by atoms with Crippen molar-refractivity contribution in [3.8, 4) is 11.1 Å². The Hall–Kier alpha value is -2.93. The van der Waals surface area contributed by atoms with E-state index in [-0.39, 0.29) is 5.24 Å². The monoisotopic (exact) mass is 337 g/mol. The molecular formula is C17H11N3O3S. The van der Waals surface area contributed by atoms with Crippen molar-refractivity contribution in [1.29, 1.82) is 0 Å². The van der Waals surface area contributed by atoms with Crippen molar-refractivity contribution in [1.82, 2.24) is 15.3 Å². The summed E-state index contributed by atoms with van der Waals surface area (Å²) >= 11 is 0.859. The van der Waals surface area contributed by atoms with Gasteiger partial charge in [-0.05, 0) is 42.4 Å². The fourth-order valence-corrected chi connectivity index (χ4v) is 3.18. The number of carbonyl (C=O) groups excluding carboxylic acids is 2. The number of hydrogen-bond acceptors (Lipinski definition) is 6. The van der Waals surface area contributed by atoms with Crippen LogP contribution in [0, 0.1) is 6.92 Å². The minimum absolute atomic E-state index is 0.313. The van der Waals surface area contributed by atoms with Crippen LogP contribution in [-0.2, 0) is 4.79 Å². The predicted molar refractivity (Wildman–Crippen MR) is 91.1 cm³/mol. The third-order valence-corrected chi connectivity index (χ3v) is 4.38. The number of thioether (sulfide) groups is 1. The molecule has 1 aliphatic rings. The van der Waals surface area contributed by atoms with Crippen LogP contribution >= 0.6 is 11.8 Å². The van der Waals surface area contributed by atoms with Crippen LogP contribution in [0.15, 0.2) is 46.1 Å². The molecule has 2 amide bonds. The lowest BCUT2D eigenvalue weighted by Gasteiger charge is -2.02. The molecule has 118 valence electrons. The Kier molecular flexibility index (Phi) is 3.42. The second-order valence-corrected chi connectivity index (χ2v) is 6.31. The summed E-state index contributed by atoms with van der Waals surface area (Å²) in [6.45, 7) is 1.92. The normalized spacial score (nSPS) is 16.1. The van der Waals surface area contributed by atoms with E-state index in [9.17, 15) is 9.59 Å². The average molecular weight is 337 g/mol. The number of aromatic nitrogens is 2. The highest BCUT2D eigenvalue weighted by Crippen LogP contribution is 2.32. The summed E-state index contributed by atoms with van der Waals surface area (Å²) in [5, 5.41) is 2.67. The van der Waals surface area contributed by atoms with Gasteiger partial charge < -0.3 is 4.42 Å². The number of aryl methyl sites for hydroxylation is 1. The Bertz CT molecular complexity index is 1020. The van der Waals surface area contributed by atoms with Gasteiger partial charge in [-0.1, -0.05) is 0 Å². The molecular weight excluding hydrogens is 326 g/mol. The van der Waals surface area contributed by atoms with Crippen LogP contribution in [0.1, 0.15) is 11.5 Å². The molecule has 3 aromatic heterocycles. The van der Waals surface area contributed by atoms with E-state index in [1.165, 1.54) is 0 Å². The second-order valence-electron chi connectivity index (χ2n) is 5.29. The molecule has 3 aromatic rings. The van der Waals surface area contributed by atoms with Crippen molar-refractivity contribution in [2.75, 3.05) is 0 Å². The summed E-state index contributed by atoms with van der Waals surface area (Å²) < 4.78 is 5.90. The quantitative estimate of drug-likeness (QED) is 0.720. The number of nitrogens with zero attached hydrogens (tertiary/aromatic N) is 2. The van der Waals surface area contributed by atoms with Gasteiger partial charge in [0.2, 0.25) is 0 Å². The average Bonchev–Trinajstić information content (AvgIpc) is 3.09. The van der Waals surface area contributed by atoms with Crippen molar-refractivity contribution in [2.45, 2.75) is 6.92 Å².